The Morgan fingerprint density at radius 2 is 2.15 bits per heavy atom. The van der Waals surface area contributed by atoms with Crippen molar-refractivity contribution in [2.45, 2.75) is 13.5 Å². The first-order chi connectivity index (χ1) is 9.76. The number of nitriles is 1. The third-order valence-corrected chi connectivity index (χ3v) is 2.82. The topological polar surface area (TPSA) is 87.6 Å². The maximum Gasteiger partial charge on any atom is 0.245 e. The molecule has 98 valence electrons. The van der Waals surface area contributed by atoms with Crippen LogP contribution >= 0.6 is 0 Å². The average molecular weight is 265 g/mol. The monoisotopic (exact) mass is 265 g/mol. The van der Waals surface area contributed by atoms with Crippen molar-refractivity contribution in [2.75, 3.05) is 5.32 Å². The maximum atomic E-state index is 9.20. The van der Waals surface area contributed by atoms with Crippen LogP contribution in [0.5, 0.6) is 0 Å². The molecule has 20 heavy (non-hydrogen) atoms. The number of aryl methyl sites for hydroxylation is 1. The molecule has 2 aromatic heterocycles. The molecule has 0 aliphatic heterocycles. The van der Waals surface area contributed by atoms with Gasteiger partial charge in [0.15, 0.2) is 5.82 Å². The molecule has 0 saturated carbocycles. The second-order valence-electron chi connectivity index (χ2n) is 4.28. The van der Waals surface area contributed by atoms with E-state index in [-0.39, 0.29) is 0 Å². The Morgan fingerprint density at radius 1 is 1.30 bits per heavy atom. The van der Waals surface area contributed by atoms with Crippen molar-refractivity contribution in [2.24, 2.45) is 0 Å². The van der Waals surface area contributed by atoms with Crippen molar-refractivity contribution < 1.29 is 4.52 Å². The van der Waals surface area contributed by atoms with Gasteiger partial charge in [0.25, 0.3) is 0 Å². The number of rotatable bonds is 3. The highest BCUT2D eigenvalue weighted by atomic mass is 16.5. The molecule has 0 atom stereocenters. The van der Waals surface area contributed by atoms with Crippen LogP contribution in [0.2, 0.25) is 0 Å². The van der Waals surface area contributed by atoms with E-state index in [1.54, 1.807) is 6.92 Å². The zero-order chi connectivity index (χ0) is 13.9. The van der Waals surface area contributed by atoms with Gasteiger partial charge in [0.2, 0.25) is 5.89 Å². The Kier molecular flexibility index (Phi) is 3.01. The second-order valence-corrected chi connectivity index (χ2v) is 4.28. The Balaban J connectivity index is 1.92. The molecular weight excluding hydrogens is 254 g/mol. The molecule has 6 heteroatoms. The quantitative estimate of drug-likeness (QED) is 0.782. The van der Waals surface area contributed by atoms with Gasteiger partial charge in [-0.25, -0.2) is 4.98 Å². The molecule has 1 N–H and O–H groups in total. The van der Waals surface area contributed by atoms with E-state index in [0.29, 0.717) is 29.6 Å². The lowest BCUT2D eigenvalue weighted by Crippen LogP contribution is -2.04. The summed E-state index contributed by atoms with van der Waals surface area (Å²) in [6, 6.07) is 11.6. The lowest BCUT2D eigenvalue weighted by atomic mass is 10.1. The predicted molar refractivity (Wildman–Crippen MR) is 72.8 cm³/mol. The zero-order valence-corrected chi connectivity index (χ0v) is 10.8. The van der Waals surface area contributed by atoms with Gasteiger partial charge in [-0.1, -0.05) is 23.4 Å². The summed E-state index contributed by atoms with van der Waals surface area (Å²) in [5, 5.41) is 16.9. The molecule has 0 aliphatic carbocycles. The van der Waals surface area contributed by atoms with E-state index in [0.717, 1.165) is 10.9 Å². The van der Waals surface area contributed by atoms with Crippen LogP contribution in [0.15, 0.2) is 34.9 Å². The summed E-state index contributed by atoms with van der Waals surface area (Å²) in [4.78, 5) is 8.54. The van der Waals surface area contributed by atoms with Gasteiger partial charge in [-0.3, -0.25) is 0 Å². The normalized spacial score (nSPS) is 10.4. The van der Waals surface area contributed by atoms with Crippen LogP contribution in [-0.4, -0.2) is 15.1 Å². The van der Waals surface area contributed by atoms with Gasteiger partial charge >= 0.3 is 0 Å². The highest BCUT2D eigenvalue weighted by Gasteiger charge is 2.08. The molecule has 2 heterocycles. The third-order valence-electron chi connectivity index (χ3n) is 2.82. The standard InChI is InChI=1S/C14H11N5O/c1-9-17-13(20-19-9)8-16-14-11(7-15)6-10-4-2-3-5-12(10)18-14/h2-6H,8H2,1H3,(H,16,18). The van der Waals surface area contributed by atoms with E-state index in [1.807, 2.05) is 30.3 Å². The highest BCUT2D eigenvalue weighted by Crippen LogP contribution is 2.20. The summed E-state index contributed by atoms with van der Waals surface area (Å²) in [7, 11) is 0. The summed E-state index contributed by atoms with van der Waals surface area (Å²) in [5.41, 5.74) is 1.32. The number of nitrogens with one attached hydrogen (secondary N) is 1. The Labute approximate surface area is 115 Å². The fourth-order valence-electron chi connectivity index (χ4n) is 1.91. The van der Waals surface area contributed by atoms with Gasteiger partial charge in [-0.2, -0.15) is 10.2 Å². The van der Waals surface area contributed by atoms with Crippen LogP contribution in [0.25, 0.3) is 10.9 Å². The predicted octanol–water partition coefficient (Wildman–Crippen LogP) is 2.41. The number of benzene rings is 1. The molecule has 6 nitrogen and oxygen atoms in total. The molecule has 3 aromatic rings. The van der Waals surface area contributed by atoms with Crippen LogP contribution in [0, 0.1) is 18.3 Å². The van der Waals surface area contributed by atoms with Gasteiger partial charge in [0, 0.05) is 5.39 Å². The molecule has 0 aliphatic rings. The van der Waals surface area contributed by atoms with Crippen molar-refractivity contribution in [1.82, 2.24) is 15.1 Å². The van der Waals surface area contributed by atoms with Crippen molar-refractivity contribution in [1.29, 1.82) is 5.26 Å². The van der Waals surface area contributed by atoms with Gasteiger partial charge in [-0.15, -0.1) is 0 Å². The summed E-state index contributed by atoms with van der Waals surface area (Å²) >= 11 is 0. The van der Waals surface area contributed by atoms with Crippen LogP contribution in [0.4, 0.5) is 5.82 Å². The largest absolute Gasteiger partial charge is 0.360 e. The summed E-state index contributed by atoms with van der Waals surface area (Å²) in [6.45, 7) is 2.09. The number of para-hydroxylation sites is 1. The van der Waals surface area contributed by atoms with Crippen LogP contribution in [-0.2, 0) is 6.54 Å². The highest BCUT2D eigenvalue weighted by molar-refractivity contribution is 5.82. The molecule has 3 rings (SSSR count). The molecular formula is C14H11N5O. The Morgan fingerprint density at radius 3 is 2.90 bits per heavy atom. The van der Waals surface area contributed by atoms with E-state index in [1.165, 1.54) is 0 Å². The van der Waals surface area contributed by atoms with Gasteiger partial charge < -0.3 is 9.84 Å². The van der Waals surface area contributed by atoms with Crippen LogP contribution in [0.1, 0.15) is 17.3 Å². The number of pyridine rings is 1. The third kappa shape index (κ3) is 2.29. The van der Waals surface area contributed by atoms with Crippen molar-refractivity contribution in [3.8, 4) is 6.07 Å². The molecule has 0 spiro atoms. The number of aromatic nitrogens is 3. The number of nitrogens with zero attached hydrogens (tertiary/aromatic N) is 4. The van der Waals surface area contributed by atoms with Crippen LogP contribution < -0.4 is 5.32 Å². The molecule has 0 unspecified atom stereocenters. The summed E-state index contributed by atoms with van der Waals surface area (Å²) in [5.74, 6) is 1.55. The number of hydrogen-bond donors (Lipinski definition) is 1. The fourth-order valence-corrected chi connectivity index (χ4v) is 1.91. The van der Waals surface area contributed by atoms with Gasteiger partial charge in [0.1, 0.15) is 11.9 Å². The first-order valence-electron chi connectivity index (χ1n) is 6.09. The SMILES string of the molecule is Cc1noc(CNc2nc3ccccc3cc2C#N)n1. The molecule has 0 amide bonds. The Hall–Kier alpha value is -2.94. The average Bonchev–Trinajstić information content (AvgIpc) is 2.89. The zero-order valence-electron chi connectivity index (χ0n) is 10.8. The van der Waals surface area contributed by atoms with E-state index >= 15 is 0 Å². The van der Waals surface area contributed by atoms with E-state index in [2.05, 4.69) is 26.5 Å². The minimum atomic E-state index is 0.334. The molecule has 0 fully saturated rings. The van der Waals surface area contributed by atoms with E-state index in [9.17, 15) is 5.26 Å². The minimum absolute atomic E-state index is 0.334. The molecule has 0 bridgehead atoms. The fraction of sp³-hybridized carbons (Fsp3) is 0.143. The molecule has 0 radical (unpaired) electrons. The second kappa shape index (κ2) is 4.97. The number of anilines is 1. The van der Waals surface area contributed by atoms with Crippen molar-refractivity contribution >= 4 is 16.7 Å². The van der Waals surface area contributed by atoms with Crippen LogP contribution in [0.3, 0.4) is 0 Å². The summed E-state index contributed by atoms with van der Waals surface area (Å²) in [6.07, 6.45) is 0. The molecule has 0 saturated heterocycles. The lowest BCUT2D eigenvalue weighted by Gasteiger charge is -2.06. The summed E-state index contributed by atoms with van der Waals surface area (Å²) < 4.78 is 5.01. The van der Waals surface area contributed by atoms with E-state index < -0.39 is 0 Å². The molecule has 1 aromatic carbocycles. The lowest BCUT2D eigenvalue weighted by molar-refractivity contribution is 0.379. The van der Waals surface area contributed by atoms with Crippen molar-refractivity contribution in [3.05, 3.63) is 47.6 Å². The van der Waals surface area contributed by atoms with Gasteiger partial charge in [-0.05, 0) is 19.1 Å². The maximum absolute atomic E-state index is 9.20. The first-order valence-corrected chi connectivity index (χ1v) is 6.09. The van der Waals surface area contributed by atoms with Crippen molar-refractivity contribution in [3.63, 3.8) is 0 Å². The first kappa shape index (κ1) is 12.1. The Bertz CT molecular complexity index is 803. The number of hydrogen-bond acceptors (Lipinski definition) is 6. The minimum Gasteiger partial charge on any atom is -0.360 e. The number of fused-ring (bicyclic) bond motifs is 1. The van der Waals surface area contributed by atoms with E-state index in [4.69, 9.17) is 4.52 Å². The smallest absolute Gasteiger partial charge is 0.245 e. The van der Waals surface area contributed by atoms with Gasteiger partial charge in [0.05, 0.1) is 17.6 Å².